The maximum absolute atomic E-state index is 5.51. The summed E-state index contributed by atoms with van der Waals surface area (Å²) in [5.41, 5.74) is 3.63. The van der Waals surface area contributed by atoms with Gasteiger partial charge in [0.15, 0.2) is 0 Å². The third-order valence-corrected chi connectivity index (χ3v) is 4.41. The molecule has 0 saturated carbocycles. The number of nitrogens with zero attached hydrogens (tertiary/aromatic N) is 2. The van der Waals surface area contributed by atoms with E-state index in [0.717, 1.165) is 17.3 Å². The van der Waals surface area contributed by atoms with Crippen molar-refractivity contribution in [3.63, 3.8) is 0 Å². The number of ether oxygens (including phenoxy) is 1. The van der Waals surface area contributed by atoms with Crippen LogP contribution in [0.2, 0.25) is 0 Å². The van der Waals surface area contributed by atoms with Crippen LogP contribution < -0.4 is 9.75 Å². The van der Waals surface area contributed by atoms with E-state index in [4.69, 9.17) is 4.74 Å². The molecule has 0 fully saturated rings. The third-order valence-electron chi connectivity index (χ3n) is 3.62. The molecule has 0 radical (unpaired) electrons. The van der Waals surface area contributed by atoms with E-state index in [1.165, 1.54) is 11.3 Å². The predicted octanol–water partition coefficient (Wildman–Crippen LogP) is 4.44. The maximum atomic E-state index is 5.51. The molecule has 3 nitrogen and oxygen atoms in total. The molecular weight excluding hydrogens is 292 g/mol. The largest absolute Gasteiger partial charge is 0.494 e. The molecule has 0 N–H and O–H groups in total. The van der Waals surface area contributed by atoms with Crippen molar-refractivity contribution in [2.75, 3.05) is 24.5 Å². The van der Waals surface area contributed by atoms with Crippen molar-refractivity contribution in [2.24, 2.45) is 0 Å². The Balaban J connectivity index is 1.79. The summed E-state index contributed by atoms with van der Waals surface area (Å²) in [6.07, 6.45) is 0. The molecule has 3 rings (SSSR count). The van der Waals surface area contributed by atoms with Gasteiger partial charge in [-0.1, -0.05) is 30.3 Å². The van der Waals surface area contributed by atoms with Gasteiger partial charge in [0.1, 0.15) is 5.75 Å². The number of anilines is 1. The fraction of sp³-hybridized carbons (Fsp3) is 0.222. The van der Waals surface area contributed by atoms with E-state index in [0.29, 0.717) is 6.61 Å². The van der Waals surface area contributed by atoms with E-state index in [2.05, 4.69) is 58.9 Å². The summed E-state index contributed by atoms with van der Waals surface area (Å²) in [6, 6.07) is 18.7. The van der Waals surface area contributed by atoms with Gasteiger partial charge in [0.2, 0.25) is 0 Å². The molecule has 22 heavy (non-hydrogen) atoms. The van der Waals surface area contributed by atoms with Crippen LogP contribution in [0.1, 0.15) is 12.5 Å². The standard InChI is InChI=1S/C18H20N2OS/c1-3-21-17-11-9-16(10-12-17)19(2)20-14-22-13-18(20)15-7-5-4-6-8-15/h4-13H,3,14H2,1-2H3. The second-order valence-corrected chi connectivity index (χ2v) is 5.84. The molecule has 0 saturated heterocycles. The SMILES string of the molecule is CCOc1ccc(N(C)N2CSC=C2c2ccccc2)cc1. The molecule has 2 aromatic rings. The summed E-state index contributed by atoms with van der Waals surface area (Å²) >= 11 is 1.82. The van der Waals surface area contributed by atoms with Crippen molar-refractivity contribution in [1.29, 1.82) is 0 Å². The summed E-state index contributed by atoms with van der Waals surface area (Å²) in [6.45, 7) is 2.69. The summed E-state index contributed by atoms with van der Waals surface area (Å²) < 4.78 is 5.51. The van der Waals surface area contributed by atoms with E-state index in [9.17, 15) is 0 Å². The zero-order valence-electron chi connectivity index (χ0n) is 12.9. The first kappa shape index (κ1) is 14.9. The Morgan fingerprint density at radius 2 is 1.82 bits per heavy atom. The first-order valence-electron chi connectivity index (χ1n) is 7.41. The predicted molar refractivity (Wildman–Crippen MR) is 94.7 cm³/mol. The zero-order chi connectivity index (χ0) is 15.4. The van der Waals surface area contributed by atoms with E-state index < -0.39 is 0 Å². The zero-order valence-corrected chi connectivity index (χ0v) is 13.7. The Bertz CT molecular complexity index is 640. The Morgan fingerprint density at radius 1 is 1.09 bits per heavy atom. The molecule has 1 heterocycles. The minimum atomic E-state index is 0.693. The monoisotopic (exact) mass is 312 g/mol. The van der Waals surface area contributed by atoms with Gasteiger partial charge in [-0.2, -0.15) is 0 Å². The Morgan fingerprint density at radius 3 is 2.50 bits per heavy atom. The van der Waals surface area contributed by atoms with Crippen molar-refractivity contribution in [2.45, 2.75) is 6.92 Å². The Labute approximate surface area is 136 Å². The lowest BCUT2D eigenvalue weighted by atomic mass is 10.2. The first-order chi connectivity index (χ1) is 10.8. The summed E-state index contributed by atoms with van der Waals surface area (Å²) in [5, 5.41) is 6.70. The number of benzene rings is 2. The summed E-state index contributed by atoms with van der Waals surface area (Å²) in [4.78, 5) is 0. The Kier molecular flexibility index (Phi) is 4.59. The topological polar surface area (TPSA) is 15.7 Å². The molecule has 114 valence electrons. The molecule has 0 spiro atoms. The van der Waals surface area contributed by atoms with Crippen LogP contribution in [0.3, 0.4) is 0 Å². The van der Waals surface area contributed by atoms with E-state index >= 15 is 0 Å². The van der Waals surface area contributed by atoms with Crippen LogP contribution in [-0.2, 0) is 0 Å². The maximum Gasteiger partial charge on any atom is 0.119 e. The molecule has 4 heteroatoms. The van der Waals surface area contributed by atoms with Gasteiger partial charge in [0, 0.05) is 12.6 Å². The van der Waals surface area contributed by atoms with Crippen LogP contribution in [-0.4, -0.2) is 24.5 Å². The highest BCUT2D eigenvalue weighted by atomic mass is 32.2. The van der Waals surface area contributed by atoms with Gasteiger partial charge < -0.3 is 4.74 Å². The van der Waals surface area contributed by atoms with Crippen LogP contribution in [0.25, 0.3) is 5.70 Å². The van der Waals surface area contributed by atoms with Gasteiger partial charge in [-0.05, 0) is 36.6 Å². The first-order valence-corrected chi connectivity index (χ1v) is 8.45. The fourth-order valence-corrected chi connectivity index (χ4v) is 3.40. The molecule has 0 unspecified atom stereocenters. The lowest BCUT2D eigenvalue weighted by molar-refractivity contribution is 0.340. The second kappa shape index (κ2) is 6.79. The highest BCUT2D eigenvalue weighted by molar-refractivity contribution is 8.02. The van der Waals surface area contributed by atoms with Crippen LogP contribution in [0.4, 0.5) is 5.69 Å². The van der Waals surface area contributed by atoms with Gasteiger partial charge in [-0.3, -0.25) is 10.0 Å². The normalized spacial score (nSPS) is 13.9. The summed E-state index contributed by atoms with van der Waals surface area (Å²) in [7, 11) is 2.10. The van der Waals surface area contributed by atoms with Gasteiger partial charge in [0.25, 0.3) is 0 Å². The lowest BCUT2D eigenvalue weighted by Crippen LogP contribution is -2.36. The average molecular weight is 312 g/mol. The molecule has 0 amide bonds. The molecule has 2 aromatic carbocycles. The van der Waals surface area contributed by atoms with Gasteiger partial charge >= 0.3 is 0 Å². The van der Waals surface area contributed by atoms with Crippen LogP contribution in [0.5, 0.6) is 5.75 Å². The quantitative estimate of drug-likeness (QED) is 0.810. The van der Waals surface area contributed by atoms with Crippen molar-refractivity contribution >= 4 is 23.1 Å². The van der Waals surface area contributed by atoms with Crippen molar-refractivity contribution in [3.8, 4) is 5.75 Å². The molecule has 0 aromatic heterocycles. The number of thioether (sulfide) groups is 1. The highest BCUT2D eigenvalue weighted by Crippen LogP contribution is 2.34. The van der Waals surface area contributed by atoms with Crippen molar-refractivity contribution in [3.05, 3.63) is 65.6 Å². The molecule has 1 aliphatic heterocycles. The molecule has 0 bridgehead atoms. The average Bonchev–Trinajstić information content (AvgIpc) is 3.06. The summed E-state index contributed by atoms with van der Waals surface area (Å²) in [5.74, 6) is 1.84. The Hall–Kier alpha value is -2.07. The van der Waals surface area contributed by atoms with Gasteiger partial charge in [-0.25, -0.2) is 0 Å². The minimum absolute atomic E-state index is 0.693. The van der Waals surface area contributed by atoms with E-state index in [1.807, 2.05) is 36.9 Å². The fourth-order valence-electron chi connectivity index (χ4n) is 2.46. The van der Waals surface area contributed by atoms with Crippen molar-refractivity contribution < 1.29 is 4.74 Å². The molecule has 0 atom stereocenters. The van der Waals surface area contributed by atoms with E-state index in [1.54, 1.807) is 0 Å². The second-order valence-electron chi connectivity index (χ2n) is 5.01. The smallest absolute Gasteiger partial charge is 0.119 e. The number of hydrogen-bond donors (Lipinski definition) is 0. The van der Waals surface area contributed by atoms with E-state index in [-0.39, 0.29) is 0 Å². The van der Waals surface area contributed by atoms with Crippen LogP contribution >= 0.6 is 11.8 Å². The van der Waals surface area contributed by atoms with Crippen LogP contribution in [0.15, 0.2) is 60.0 Å². The molecular formula is C18H20N2OS. The van der Waals surface area contributed by atoms with Crippen molar-refractivity contribution in [1.82, 2.24) is 5.01 Å². The number of hydrogen-bond acceptors (Lipinski definition) is 4. The van der Waals surface area contributed by atoms with Gasteiger partial charge in [-0.15, -0.1) is 11.8 Å². The van der Waals surface area contributed by atoms with Crippen LogP contribution in [0, 0.1) is 0 Å². The molecule has 0 aliphatic carbocycles. The number of hydrazine groups is 1. The minimum Gasteiger partial charge on any atom is -0.494 e. The highest BCUT2D eigenvalue weighted by Gasteiger charge is 2.21. The number of rotatable bonds is 5. The van der Waals surface area contributed by atoms with Gasteiger partial charge in [0.05, 0.1) is 23.9 Å². The lowest BCUT2D eigenvalue weighted by Gasteiger charge is -2.33. The third kappa shape index (κ3) is 3.07. The molecule has 1 aliphatic rings.